The molecule has 5 rings (SSSR count). The molecule has 0 aliphatic heterocycles. The van der Waals surface area contributed by atoms with Gasteiger partial charge in [0.2, 0.25) is 5.89 Å². The fraction of sp³-hybridized carbons (Fsp3) is 0.217. The molecule has 0 radical (unpaired) electrons. The third kappa shape index (κ3) is 4.56. The maximum absolute atomic E-state index is 13.0. The monoisotopic (exact) mass is 460 g/mol. The van der Waals surface area contributed by atoms with E-state index in [9.17, 15) is 4.79 Å². The summed E-state index contributed by atoms with van der Waals surface area (Å²) in [6.45, 7) is 2.39. The zero-order chi connectivity index (χ0) is 22.6. The largest absolute Gasteiger partial charge is 0.409 e. The summed E-state index contributed by atoms with van der Waals surface area (Å²) in [6, 6.07) is 17.0. The zero-order valence-electron chi connectivity index (χ0n) is 17.8. The molecule has 0 fully saturated rings. The topological polar surface area (TPSA) is 113 Å². The molecule has 5 aromatic rings. The molecule has 3 aromatic heterocycles. The van der Waals surface area contributed by atoms with Gasteiger partial charge < -0.3 is 8.94 Å². The van der Waals surface area contributed by atoms with E-state index in [0.29, 0.717) is 45.7 Å². The van der Waals surface area contributed by atoms with Gasteiger partial charge in [0.1, 0.15) is 0 Å². The Balaban J connectivity index is 1.45. The summed E-state index contributed by atoms with van der Waals surface area (Å²) in [5.74, 6) is 1.88. The van der Waals surface area contributed by atoms with Crippen molar-refractivity contribution >= 4 is 22.5 Å². The number of fused-ring (bicyclic) bond motifs is 1. The van der Waals surface area contributed by atoms with Crippen LogP contribution in [0.3, 0.4) is 0 Å². The first-order chi connectivity index (χ1) is 16.2. The Morgan fingerprint density at radius 3 is 2.61 bits per heavy atom. The molecule has 0 bridgehead atoms. The van der Waals surface area contributed by atoms with E-state index in [0.717, 1.165) is 18.4 Å². The van der Waals surface area contributed by atoms with Crippen molar-refractivity contribution in [1.82, 2.24) is 30.1 Å². The van der Waals surface area contributed by atoms with Crippen LogP contribution in [0.2, 0.25) is 0 Å². The number of thioether (sulfide) groups is 1. The fourth-order valence-electron chi connectivity index (χ4n) is 3.41. The molecule has 0 aliphatic carbocycles. The lowest BCUT2D eigenvalue weighted by atomic mass is 10.1. The molecule has 33 heavy (non-hydrogen) atoms. The van der Waals surface area contributed by atoms with Crippen LogP contribution in [0.15, 0.2) is 73.6 Å². The Hall–Kier alpha value is -3.79. The lowest BCUT2D eigenvalue weighted by Crippen LogP contribution is -2.24. The first-order valence-corrected chi connectivity index (χ1v) is 11.5. The highest BCUT2D eigenvalue weighted by molar-refractivity contribution is 7.98. The van der Waals surface area contributed by atoms with E-state index < -0.39 is 0 Å². The van der Waals surface area contributed by atoms with Crippen LogP contribution < -0.4 is 5.56 Å². The van der Waals surface area contributed by atoms with Gasteiger partial charge in [0.05, 0.1) is 17.7 Å². The lowest BCUT2D eigenvalue weighted by molar-refractivity contribution is 0.373. The maximum Gasteiger partial charge on any atom is 0.277 e. The molecule has 0 saturated carbocycles. The van der Waals surface area contributed by atoms with Crippen LogP contribution >= 0.6 is 11.8 Å². The van der Waals surface area contributed by atoms with Crippen molar-refractivity contribution in [2.75, 3.05) is 0 Å². The molecule has 0 unspecified atom stereocenters. The molecule has 0 N–H and O–H groups in total. The predicted octanol–water partition coefficient (Wildman–Crippen LogP) is 4.12. The van der Waals surface area contributed by atoms with Gasteiger partial charge >= 0.3 is 0 Å². The van der Waals surface area contributed by atoms with Crippen molar-refractivity contribution in [3.63, 3.8) is 0 Å². The summed E-state index contributed by atoms with van der Waals surface area (Å²) in [5, 5.41) is 18.4. The van der Waals surface area contributed by atoms with Crippen LogP contribution in [0.25, 0.3) is 22.4 Å². The number of aromatic nitrogens is 6. The lowest BCUT2D eigenvalue weighted by Gasteiger charge is -2.09. The number of rotatable bonds is 8. The smallest absolute Gasteiger partial charge is 0.277 e. The second-order valence-electron chi connectivity index (χ2n) is 7.36. The second-order valence-corrected chi connectivity index (χ2v) is 8.29. The third-order valence-corrected chi connectivity index (χ3v) is 5.77. The number of hydrogen-bond acceptors (Lipinski definition) is 9. The Morgan fingerprint density at radius 2 is 1.79 bits per heavy atom. The molecule has 0 saturated heterocycles. The Kier molecular flexibility index (Phi) is 5.99. The highest BCUT2D eigenvalue weighted by Gasteiger charge is 2.18. The van der Waals surface area contributed by atoms with Crippen molar-refractivity contribution in [2.45, 2.75) is 37.3 Å². The van der Waals surface area contributed by atoms with E-state index in [-0.39, 0.29) is 11.4 Å². The molecule has 9 nitrogen and oxygen atoms in total. The first-order valence-electron chi connectivity index (χ1n) is 10.5. The van der Waals surface area contributed by atoms with Crippen LogP contribution in [0.5, 0.6) is 0 Å². The summed E-state index contributed by atoms with van der Waals surface area (Å²) < 4.78 is 12.5. The summed E-state index contributed by atoms with van der Waals surface area (Å²) in [5.41, 5.74) is 1.26. The molecule has 2 aromatic carbocycles. The average molecular weight is 461 g/mol. The second kappa shape index (κ2) is 9.37. The number of benzene rings is 2. The van der Waals surface area contributed by atoms with Gasteiger partial charge in [0.25, 0.3) is 16.7 Å². The molecule has 0 amide bonds. The van der Waals surface area contributed by atoms with Crippen LogP contribution in [0.1, 0.15) is 30.6 Å². The quantitative estimate of drug-likeness (QED) is 0.315. The minimum atomic E-state index is -0.174. The van der Waals surface area contributed by atoms with Gasteiger partial charge in [-0.15, -0.1) is 10.2 Å². The van der Waals surface area contributed by atoms with Gasteiger partial charge in [-0.05, 0) is 18.1 Å². The van der Waals surface area contributed by atoms with Crippen LogP contribution in [0.4, 0.5) is 0 Å². The van der Waals surface area contributed by atoms with Crippen molar-refractivity contribution in [3.05, 3.63) is 82.2 Å². The normalized spacial score (nSPS) is 11.3. The Morgan fingerprint density at radius 1 is 1.00 bits per heavy atom. The summed E-state index contributed by atoms with van der Waals surface area (Å²) in [4.78, 5) is 17.4. The highest BCUT2D eigenvalue weighted by atomic mass is 32.2. The van der Waals surface area contributed by atoms with Crippen LogP contribution in [0, 0.1) is 0 Å². The fourth-order valence-corrected chi connectivity index (χ4v) is 4.02. The van der Waals surface area contributed by atoms with Crippen molar-refractivity contribution < 1.29 is 8.94 Å². The summed E-state index contributed by atoms with van der Waals surface area (Å²) in [7, 11) is 0. The minimum Gasteiger partial charge on any atom is -0.409 e. The summed E-state index contributed by atoms with van der Waals surface area (Å²) >= 11 is 1.31. The minimum absolute atomic E-state index is 0.174. The molecule has 166 valence electrons. The van der Waals surface area contributed by atoms with Gasteiger partial charge in [-0.1, -0.05) is 72.4 Å². The molecule has 3 heterocycles. The van der Waals surface area contributed by atoms with E-state index in [1.165, 1.54) is 16.4 Å². The molecular weight excluding hydrogens is 440 g/mol. The van der Waals surface area contributed by atoms with E-state index in [4.69, 9.17) is 8.94 Å². The first kappa shape index (κ1) is 21.1. The average Bonchev–Trinajstić information content (AvgIpc) is 3.50. The summed E-state index contributed by atoms with van der Waals surface area (Å²) in [6.07, 6.45) is 1.69. The Bertz CT molecular complexity index is 1440. The standard InChI is InChI=1S/C23H20N6O3S/c1-2-8-19-24-18(28-32-19)14-33-23-26-25-21(31-23)20-16-11-6-7-12-17(16)22(30)29(27-20)13-15-9-4-3-5-10-15/h3-7,9-12H,2,8,13-14H2,1H3. The van der Waals surface area contributed by atoms with Gasteiger partial charge in [0, 0.05) is 11.8 Å². The third-order valence-electron chi connectivity index (χ3n) is 4.95. The van der Waals surface area contributed by atoms with Gasteiger partial charge in [-0.2, -0.15) is 10.1 Å². The van der Waals surface area contributed by atoms with Gasteiger partial charge in [0.15, 0.2) is 11.5 Å². The van der Waals surface area contributed by atoms with E-state index in [1.54, 1.807) is 6.07 Å². The molecule has 0 atom stereocenters. The maximum atomic E-state index is 13.0. The number of hydrogen-bond donors (Lipinski definition) is 0. The number of aryl methyl sites for hydroxylation is 1. The van der Waals surface area contributed by atoms with Crippen molar-refractivity contribution in [1.29, 1.82) is 0 Å². The van der Waals surface area contributed by atoms with Crippen LogP contribution in [-0.2, 0) is 18.7 Å². The van der Waals surface area contributed by atoms with Crippen molar-refractivity contribution in [2.24, 2.45) is 0 Å². The van der Waals surface area contributed by atoms with E-state index in [1.807, 2.05) is 48.5 Å². The van der Waals surface area contributed by atoms with E-state index in [2.05, 4.69) is 32.4 Å². The SMILES string of the molecule is CCCc1nc(CSc2nnc(-c3nn(Cc4ccccc4)c(=O)c4ccccc34)o2)no1. The molecule has 0 spiro atoms. The Labute approximate surface area is 192 Å². The van der Waals surface area contributed by atoms with Gasteiger partial charge in [-0.25, -0.2) is 4.68 Å². The van der Waals surface area contributed by atoms with Crippen molar-refractivity contribution in [3.8, 4) is 11.6 Å². The van der Waals surface area contributed by atoms with Gasteiger partial charge in [-0.3, -0.25) is 4.79 Å². The predicted molar refractivity (Wildman–Crippen MR) is 123 cm³/mol. The highest BCUT2D eigenvalue weighted by Crippen LogP contribution is 2.27. The molecule has 0 aliphatic rings. The zero-order valence-corrected chi connectivity index (χ0v) is 18.7. The molecular formula is C23H20N6O3S. The number of nitrogens with zero attached hydrogens (tertiary/aromatic N) is 6. The molecule has 10 heteroatoms. The van der Waals surface area contributed by atoms with E-state index >= 15 is 0 Å². The van der Waals surface area contributed by atoms with Crippen LogP contribution in [-0.4, -0.2) is 30.1 Å².